The molecule has 0 aliphatic rings. The number of aromatic nitrogens is 3. The Labute approximate surface area is 176 Å². The SMILES string of the molecule is CCNc1ccc(-c2cc(NCCc3ccc(C(=O)NC)cc3OC)ncn2)cn1. The van der Waals surface area contributed by atoms with Crippen molar-refractivity contribution in [2.45, 2.75) is 13.3 Å². The molecule has 156 valence electrons. The molecule has 2 aromatic heterocycles. The van der Waals surface area contributed by atoms with Crippen molar-refractivity contribution >= 4 is 17.5 Å². The van der Waals surface area contributed by atoms with Gasteiger partial charge in [0.1, 0.15) is 23.7 Å². The van der Waals surface area contributed by atoms with E-state index in [4.69, 9.17) is 4.74 Å². The van der Waals surface area contributed by atoms with Crippen molar-refractivity contribution < 1.29 is 9.53 Å². The standard InChI is InChI=1S/C22H26N6O2/c1-4-24-20-8-7-17(13-26-20)18-12-21(28-14-27-18)25-10-9-15-5-6-16(22(29)23-2)11-19(15)30-3/h5-8,11-14H,4,9-10H2,1-3H3,(H,23,29)(H,24,26)(H,25,27,28). The second-order valence-corrected chi connectivity index (χ2v) is 6.53. The largest absolute Gasteiger partial charge is 0.496 e. The molecule has 30 heavy (non-hydrogen) atoms. The number of carbonyl (C=O) groups excluding carboxylic acids is 1. The average Bonchev–Trinajstić information content (AvgIpc) is 2.79. The van der Waals surface area contributed by atoms with E-state index in [-0.39, 0.29) is 5.91 Å². The molecule has 3 aromatic rings. The number of ether oxygens (including phenoxy) is 1. The van der Waals surface area contributed by atoms with Crippen LogP contribution in [0.25, 0.3) is 11.3 Å². The van der Waals surface area contributed by atoms with Gasteiger partial charge in [-0.25, -0.2) is 15.0 Å². The van der Waals surface area contributed by atoms with Gasteiger partial charge >= 0.3 is 0 Å². The number of hydrogen-bond donors (Lipinski definition) is 3. The van der Waals surface area contributed by atoms with Gasteiger partial charge in [0, 0.05) is 43.5 Å². The predicted molar refractivity (Wildman–Crippen MR) is 118 cm³/mol. The lowest BCUT2D eigenvalue weighted by Crippen LogP contribution is -2.18. The molecular weight excluding hydrogens is 380 g/mol. The number of rotatable bonds is 9. The smallest absolute Gasteiger partial charge is 0.251 e. The maximum absolute atomic E-state index is 11.8. The maximum atomic E-state index is 11.8. The molecule has 0 spiro atoms. The fraction of sp³-hybridized carbons (Fsp3) is 0.273. The van der Waals surface area contributed by atoms with Crippen LogP contribution in [-0.2, 0) is 6.42 Å². The molecule has 0 saturated heterocycles. The Kier molecular flexibility index (Phi) is 7.15. The quantitative estimate of drug-likeness (QED) is 0.502. The van der Waals surface area contributed by atoms with Crippen molar-refractivity contribution in [2.24, 2.45) is 0 Å². The van der Waals surface area contributed by atoms with Gasteiger partial charge in [0.2, 0.25) is 0 Å². The van der Waals surface area contributed by atoms with Crippen LogP contribution in [0.1, 0.15) is 22.8 Å². The average molecular weight is 406 g/mol. The number of anilines is 2. The highest BCUT2D eigenvalue weighted by Crippen LogP contribution is 2.22. The first kappa shape index (κ1) is 21.0. The molecule has 3 rings (SSSR count). The van der Waals surface area contributed by atoms with E-state index in [0.29, 0.717) is 17.9 Å². The van der Waals surface area contributed by atoms with E-state index in [9.17, 15) is 4.79 Å². The van der Waals surface area contributed by atoms with E-state index in [2.05, 4.69) is 30.9 Å². The number of nitrogens with one attached hydrogen (secondary N) is 3. The number of methoxy groups -OCH3 is 1. The zero-order valence-electron chi connectivity index (χ0n) is 17.4. The summed E-state index contributed by atoms with van der Waals surface area (Å²) in [6.07, 6.45) is 4.05. The minimum Gasteiger partial charge on any atom is -0.496 e. The molecule has 8 heteroatoms. The van der Waals surface area contributed by atoms with Gasteiger partial charge < -0.3 is 20.7 Å². The Bertz CT molecular complexity index is 991. The van der Waals surface area contributed by atoms with E-state index in [1.807, 2.05) is 31.2 Å². The summed E-state index contributed by atoms with van der Waals surface area (Å²) >= 11 is 0. The minimum atomic E-state index is -0.139. The van der Waals surface area contributed by atoms with Crippen LogP contribution in [0.15, 0.2) is 48.9 Å². The number of carbonyl (C=O) groups is 1. The third-order valence-electron chi connectivity index (χ3n) is 4.56. The lowest BCUT2D eigenvalue weighted by Gasteiger charge is -2.11. The molecule has 2 heterocycles. The van der Waals surface area contributed by atoms with Crippen LogP contribution in [0.4, 0.5) is 11.6 Å². The lowest BCUT2D eigenvalue weighted by molar-refractivity contribution is 0.0962. The summed E-state index contributed by atoms with van der Waals surface area (Å²) in [6.45, 7) is 3.51. The molecule has 0 radical (unpaired) electrons. The summed E-state index contributed by atoms with van der Waals surface area (Å²) in [5, 5.41) is 9.11. The highest BCUT2D eigenvalue weighted by Gasteiger charge is 2.09. The Morgan fingerprint density at radius 1 is 1.03 bits per heavy atom. The summed E-state index contributed by atoms with van der Waals surface area (Å²) in [4.78, 5) is 24.8. The number of benzene rings is 1. The molecule has 0 saturated carbocycles. The fourth-order valence-corrected chi connectivity index (χ4v) is 3.00. The van der Waals surface area contributed by atoms with Crippen molar-refractivity contribution in [3.05, 3.63) is 60.0 Å². The lowest BCUT2D eigenvalue weighted by atomic mass is 10.1. The second-order valence-electron chi connectivity index (χ2n) is 6.53. The van der Waals surface area contributed by atoms with Crippen molar-refractivity contribution in [1.82, 2.24) is 20.3 Å². The van der Waals surface area contributed by atoms with Gasteiger partial charge in [-0.05, 0) is 43.2 Å². The Balaban J connectivity index is 1.64. The second kappa shape index (κ2) is 10.2. The van der Waals surface area contributed by atoms with Crippen LogP contribution in [0, 0.1) is 0 Å². The van der Waals surface area contributed by atoms with E-state index in [1.54, 1.807) is 32.5 Å². The first-order valence-electron chi connectivity index (χ1n) is 9.79. The van der Waals surface area contributed by atoms with Gasteiger partial charge in [-0.1, -0.05) is 6.07 Å². The van der Waals surface area contributed by atoms with E-state index < -0.39 is 0 Å². The fourth-order valence-electron chi connectivity index (χ4n) is 3.00. The molecule has 0 bridgehead atoms. The topological polar surface area (TPSA) is 101 Å². The van der Waals surface area contributed by atoms with Crippen molar-refractivity contribution in [2.75, 3.05) is 37.9 Å². The zero-order valence-corrected chi connectivity index (χ0v) is 17.4. The number of amides is 1. The van der Waals surface area contributed by atoms with Gasteiger partial charge in [-0.2, -0.15) is 0 Å². The Morgan fingerprint density at radius 3 is 2.60 bits per heavy atom. The molecule has 0 aliphatic heterocycles. The van der Waals surface area contributed by atoms with Crippen molar-refractivity contribution in [3.63, 3.8) is 0 Å². The van der Waals surface area contributed by atoms with Crippen LogP contribution in [0.3, 0.4) is 0 Å². The van der Waals surface area contributed by atoms with Crippen LogP contribution in [-0.4, -0.2) is 48.1 Å². The van der Waals surface area contributed by atoms with Gasteiger partial charge in [0.15, 0.2) is 0 Å². The van der Waals surface area contributed by atoms with Gasteiger partial charge in [0.25, 0.3) is 5.91 Å². The number of hydrogen-bond acceptors (Lipinski definition) is 7. The molecule has 1 amide bonds. The molecule has 0 unspecified atom stereocenters. The number of nitrogens with zero attached hydrogens (tertiary/aromatic N) is 3. The van der Waals surface area contributed by atoms with E-state index >= 15 is 0 Å². The summed E-state index contributed by atoms with van der Waals surface area (Å²) in [5.74, 6) is 2.12. The Morgan fingerprint density at radius 2 is 1.90 bits per heavy atom. The molecule has 1 aromatic carbocycles. The summed E-state index contributed by atoms with van der Waals surface area (Å²) in [6, 6.07) is 11.3. The summed E-state index contributed by atoms with van der Waals surface area (Å²) in [5.41, 5.74) is 3.31. The molecule has 8 nitrogen and oxygen atoms in total. The highest BCUT2D eigenvalue weighted by atomic mass is 16.5. The third kappa shape index (κ3) is 5.22. The van der Waals surface area contributed by atoms with Crippen molar-refractivity contribution in [1.29, 1.82) is 0 Å². The van der Waals surface area contributed by atoms with Gasteiger partial charge in [-0.15, -0.1) is 0 Å². The van der Waals surface area contributed by atoms with Crippen LogP contribution < -0.4 is 20.7 Å². The predicted octanol–water partition coefficient (Wildman–Crippen LogP) is 2.99. The van der Waals surface area contributed by atoms with E-state index in [0.717, 1.165) is 41.4 Å². The first-order chi connectivity index (χ1) is 14.6. The first-order valence-corrected chi connectivity index (χ1v) is 9.79. The minimum absolute atomic E-state index is 0.139. The van der Waals surface area contributed by atoms with Crippen LogP contribution in [0.2, 0.25) is 0 Å². The molecule has 0 fully saturated rings. The highest BCUT2D eigenvalue weighted by molar-refractivity contribution is 5.94. The summed E-state index contributed by atoms with van der Waals surface area (Å²) in [7, 11) is 3.21. The van der Waals surface area contributed by atoms with Gasteiger partial charge in [-0.3, -0.25) is 4.79 Å². The molecule has 0 atom stereocenters. The number of pyridine rings is 1. The molecule has 0 aliphatic carbocycles. The molecular formula is C22H26N6O2. The monoisotopic (exact) mass is 406 g/mol. The third-order valence-corrected chi connectivity index (χ3v) is 4.56. The Hall–Kier alpha value is -3.68. The van der Waals surface area contributed by atoms with E-state index in [1.165, 1.54) is 6.33 Å². The van der Waals surface area contributed by atoms with Crippen LogP contribution in [0.5, 0.6) is 5.75 Å². The zero-order chi connectivity index (χ0) is 21.3. The normalized spacial score (nSPS) is 10.4. The summed E-state index contributed by atoms with van der Waals surface area (Å²) < 4.78 is 5.44. The van der Waals surface area contributed by atoms with Crippen LogP contribution >= 0.6 is 0 Å². The van der Waals surface area contributed by atoms with Crippen molar-refractivity contribution in [3.8, 4) is 17.0 Å². The molecule has 3 N–H and O–H groups in total. The van der Waals surface area contributed by atoms with Gasteiger partial charge in [0.05, 0.1) is 12.8 Å². The maximum Gasteiger partial charge on any atom is 0.251 e.